The van der Waals surface area contributed by atoms with Crippen molar-refractivity contribution in [3.8, 4) is 0 Å². The van der Waals surface area contributed by atoms with Gasteiger partial charge in [-0.1, -0.05) is 12.1 Å². The van der Waals surface area contributed by atoms with Crippen LogP contribution in [-0.4, -0.2) is 8.42 Å². The molecule has 0 radical (unpaired) electrons. The molecule has 0 aromatic heterocycles. The Kier molecular flexibility index (Phi) is 4.01. The normalized spacial score (nSPS) is 11.3. The summed E-state index contributed by atoms with van der Waals surface area (Å²) in [6.45, 7) is 0.292. The molecule has 0 aliphatic heterocycles. The molecule has 0 aliphatic carbocycles. The van der Waals surface area contributed by atoms with Gasteiger partial charge in [-0.05, 0) is 29.8 Å². The van der Waals surface area contributed by atoms with Crippen molar-refractivity contribution in [2.75, 3.05) is 4.72 Å². The van der Waals surface area contributed by atoms with Gasteiger partial charge in [0.25, 0.3) is 10.0 Å². The van der Waals surface area contributed by atoms with Crippen LogP contribution in [0.2, 0.25) is 0 Å². The second kappa shape index (κ2) is 5.56. The molecule has 7 heteroatoms. The number of benzene rings is 2. The van der Waals surface area contributed by atoms with Crippen molar-refractivity contribution >= 4 is 15.7 Å². The third-order valence-electron chi connectivity index (χ3n) is 2.64. The molecule has 3 N–H and O–H groups in total. The molecule has 106 valence electrons. The van der Waals surface area contributed by atoms with Gasteiger partial charge >= 0.3 is 0 Å². The minimum absolute atomic E-state index is 0.0292. The molecule has 2 aromatic carbocycles. The van der Waals surface area contributed by atoms with Crippen LogP contribution in [0.15, 0.2) is 47.4 Å². The Labute approximate surface area is 115 Å². The Morgan fingerprint density at radius 3 is 2.25 bits per heavy atom. The molecular weight excluding hydrogens is 286 g/mol. The topological polar surface area (TPSA) is 72.2 Å². The van der Waals surface area contributed by atoms with Crippen molar-refractivity contribution < 1.29 is 17.2 Å². The Hall–Kier alpha value is -1.99. The average molecular weight is 298 g/mol. The number of rotatable bonds is 4. The number of sulfonamides is 1. The third kappa shape index (κ3) is 3.12. The van der Waals surface area contributed by atoms with Gasteiger partial charge in [0.2, 0.25) is 0 Å². The number of nitrogens with two attached hydrogens (primary N) is 1. The molecule has 0 bridgehead atoms. The summed E-state index contributed by atoms with van der Waals surface area (Å²) in [6.07, 6.45) is 0. The zero-order valence-electron chi connectivity index (χ0n) is 10.3. The lowest BCUT2D eigenvalue weighted by atomic mass is 10.2. The van der Waals surface area contributed by atoms with E-state index in [2.05, 4.69) is 4.72 Å². The summed E-state index contributed by atoms with van der Waals surface area (Å²) in [5, 5.41) is 0. The van der Waals surface area contributed by atoms with Gasteiger partial charge in [-0.2, -0.15) is 0 Å². The highest BCUT2D eigenvalue weighted by Crippen LogP contribution is 2.20. The van der Waals surface area contributed by atoms with Gasteiger partial charge < -0.3 is 5.73 Å². The Morgan fingerprint density at radius 1 is 1.05 bits per heavy atom. The van der Waals surface area contributed by atoms with Gasteiger partial charge in [0.05, 0.1) is 10.6 Å². The first-order valence-corrected chi connectivity index (χ1v) is 7.17. The van der Waals surface area contributed by atoms with Gasteiger partial charge in [-0.3, -0.25) is 4.72 Å². The van der Waals surface area contributed by atoms with Crippen LogP contribution >= 0.6 is 0 Å². The number of hydrogen-bond donors (Lipinski definition) is 2. The maximum absolute atomic E-state index is 13.4. The van der Waals surface area contributed by atoms with E-state index in [-0.39, 0.29) is 10.6 Å². The smallest absolute Gasteiger partial charge is 0.261 e. The van der Waals surface area contributed by atoms with Crippen molar-refractivity contribution in [2.45, 2.75) is 11.4 Å². The van der Waals surface area contributed by atoms with Crippen LogP contribution in [0, 0.1) is 11.6 Å². The molecule has 0 heterocycles. The lowest BCUT2D eigenvalue weighted by Gasteiger charge is -2.09. The Bertz CT molecular complexity index is 716. The van der Waals surface area contributed by atoms with E-state index in [4.69, 9.17) is 5.73 Å². The highest BCUT2D eigenvalue weighted by molar-refractivity contribution is 7.92. The van der Waals surface area contributed by atoms with Crippen LogP contribution < -0.4 is 10.5 Å². The highest BCUT2D eigenvalue weighted by Gasteiger charge is 2.16. The first-order valence-electron chi connectivity index (χ1n) is 5.69. The predicted molar refractivity (Wildman–Crippen MR) is 71.5 cm³/mol. The van der Waals surface area contributed by atoms with Crippen LogP contribution in [0.3, 0.4) is 0 Å². The fraction of sp³-hybridized carbons (Fsp3) is 0.0769. The van der Waals surface area contributed by atoms with Gasteiger partial charge in [-0.15, -0.1) is 0 Å². The van der Waals surface area contributed by atoms with Crippen LogP contribution in [0.5, 0.6) is 0 Å². The summed E-state index contributed by atoms with van der Waals surface area (Å²) < 4.78 is 52.3. The van der Waals surface area contributed by atoms with E-state index in [0.717, 1.165) is 17.7 Å². The zero-order chi connectivity index (χ0) is 14.8. The molecule has 2 rings (SSSR count). The summed E-state index contributed by atoms with van der Waals surface area (Å²) in [6, 6.07) is 8.47. The second-order valence-electron chi connectivity index (χ2n) is 4.08. The molecule has 0 aliphatic rings. The fourth-order valence-electron chi connectivity index (χ4n) is 1.58. The minimum Gasteiger partial charge on any atom is -0.326 e. The zero-order valence-corrected chi connectivity index (χ0v) is 11.1. The van der Waals surface area contributed by atoms with E-state index in [1.165, 1.54) is 12.1 Å². The maximum atomic E-state index is 13.4. The number of nitrogens with one attached hydrogen (secondary N) is 1. The Morgan fingerprint density at radius 2 is 1.70 bits per heavy atom. The average Bonchev–Trinajstić information content (AvgIpc) is 2.42. The minimum atomic E-state index is -3.93. The van der Waals surface area contributed by atoms with E-state index in [1.807, 2.05) is 0 Å². The molecule has 0 saturated heterocycles. The molecule has 4 nitrogen and oxygen atoms in total. The summed E-state index contributed by atoms with van der Waals surface area (Å²) >= 11 is 0. The van der Waals surface area contributed by atoms with Crippen LogP contribution in [-0.2, 0) is 16.6 Å². The van der Waals surface area contributed by atoms with E-state index in [9.17, 15) is 17.2 Å². The number of halogens is 2. The first kappa shape index (κ1) is 14.4. The third-order valence-corrected chi connectivity index (χ3v) is 4.03. The fourth-order valence-corrected chi connectivity index (χ4v) is 2.65. The van der Waals surface area contributed by atoms with Crippen LogP contribution in [0.25, 0.3) is 0 Å². The molecule has 0 saturated carbocycles. The summed E-state index contributed by atoms with van der Waals surface area (Å²) in [5.74, 6) is -1.76. The molecule has 0 spiro atoms. The summed E-state index contributed by atoms with van der Waals surface area (Å²) in [5.41, 5.74) is 5.88. The van der Waals surface area contributed by atoms with Crippen molar-refractivity contribution in [3.63, 3.8) is 0 Å². The van der Waals surface area contributed by atoms with E-state index in [0.29, 0.717) is 12.6 Å². The maximum Gasteiger partial charge on any atom is 0.261 e. The van der Waals surface area contributed by atoms with Gasteiger partial charge in [-0.25, -0.2) is 17.2 Å². The van der Waals surface area contributed by atoms with Crippen LogP contribution in [0.1, 0.15) is 5.56 Å². The van der Waals surface area contributed by atoms with E-state index < -0.39 is 21.7 Å². The molecule has 2 aromatic rings. The predicted octanol–water partition coefficient (Wildman–Crippen LogP) is 2.22. The van der Waals surface area contributed by atoms with Crippen molar-refractivity contribution in [1.82, 2.24) is 0 Å². The monoisotopic (exact) mass is 298 g/mol. The lowest BCUT2D eigenvalue weighted by Crippen LogP contribution is -2.14. The summed E-state index contributed by atoms with van der Waals surface area (Å²) in [4.78, 5) is -0.0292. The lowest BCUT2D eigenvalue weighted by molar-refractivity contribution is 0.583. The van der Waals surface area contributed by atoms with Gasteiger partial charge in [0.15, 0.2) is 0 Å². The molecule has 0 unspecified atom stereocenters. The van der Waals surface area contributed by atoms with Crippen molar-refractivity contribution in [3.05, 3.63) is 59.7 Å². The molecular formula is C13H12F2N2O2S. The molecule has 20 heavy (non-hydrogen) atoms. The number of anilines is 1. The largest absolute Gasteiger partial charge is 0.326 e. The van der Waals surface area contributed by atoms with Crippen molar-refractivity contribution in [1.29, 1.82) is 0 Å². The van der Waals surface area contributed by atoms with Gasteiger partial charge in [0, 0.05) is 12.6 Å². The molecule has 0 fully saturated rings. The van der Waals surface area contributed by atoms with Gasteiger partial charge in [0.1, 0.15) is 11.6 Å². The van der Waals surface area contributed by atoms with E-state index in [1.54, 1.807) is 12.1 Å². The first-order chi connectivity index (χ1) is 9.42. The quantitative estimate of drug-likeness (QED) is 0.909. The summed E-state index contributed by atoms with van der Waals surface area (Å²) in [7, 11) is -3.93. The standard InChI is InChI=1S/C13H12F2N2O2S/c14-10-3-6-13(12(15)7-10)17-20(18,19)11-4-1-9(8-16)2-5-11/h1-7,17H,8,16H2. The number of hydrogen-bond acceptors (Lipinski definition) is 3. The highest BCUT2D eigenvalue weighted by atomic mass is 32.2. The van der Waals surface area contributed by atoms with E-state index >= 15 is 0 Å². The Balaban J connectivity index is 2.30. The SMILES string of the molecule is NCc1ccc(S(=O)(=O)Nc2ccc(F)cc2F)cc1. The van der Waals surface area contributed by atoms with Crippen molar-refractivity contribution in [2.24, 2.45) is 5.73 Å². The van der Waals surface area contributed by atoms with Crippen LogP contribution in [0.4, 0.5) is 14.5 Å². The second-order valence-corrected chi connectivity index (χ2v) is 5.76. The molecule has 0 atom stereocenters. The molecule has 0 amide bonds.